The Morgan fingerprint density at radius 2 is 1.77 bits per heavy atom. The second-order valence-electron chi connectivity index (χ2n) is 6.44. The number of anilines is 1. The van der Waals surface area contributed by atoms with Gasteiger partial charge < -0.3 is 30.3 Å². The van der Waals surface area contributed by atoms with Crippen molar-refractivity contribution in [2.45, 2.75) is 19.8 Å². The van der Waals surface area contributed by atoms with Gasteiger partial charge in [-0.1, -0.05) is 6.92 Å². The van der Waals surface area contributed by atoms with E-state index in [-0.39, 0.29) is 0 Å². The lowest BCUT2D eigenvalue weighted by Crippen LogP contribution is -2.46. The number of ether oxygens (including phenoxy) is 2. The van der Waals surface area contributed by atoms with E-state index in [1.54, 1.807) is 14.2 Å². The zero-order valence-electron chi connectivity index (χ0n) is 16.3. The van der Waals surface area contributed by atoms with Crippen LogP contribution in [0.15, 0.2) is 23.2 Å². The van der Waals surface area contributed by atoms with Crippen molar-refractivity contribution in [3.63, 3.8) is 0 Å². The number of methoxy groups -OCH3 is 2. The highest BCUT2D eigenvalue weighted by Crippen LogP contribution is 2.29. The molecule has 1 aliphatic rings. The van der Waals surface area contributed by atoms with Gasteiger partial charge in [-0.15, -0.1) is 0 Å². The van der Waals surface area contributed by atoms with Gasteiger partial charge in [-0.05, 0) is 38.1 Å². The SMILES string of the molecule is CCN1CCN(CCCCN=C(N)Nc2ccc(OC)c(OC)c2)CC1. The molecule has 0 saturated carbocycles. The summed E-state index contributed by atoms with van der Waals surface area (Å²) in [6.07, 6.45) is 2.20. The van der Waals surface area contributed by atoms with Crippen molar-refractivity contribution >= 4 is 11.6 Å². The topological polar surface area (TPSA) is 75.4 Å². The van der Waals surface area contributed by atoms with Crippen LogP contribution in [-0.2, 0) is 0 Å². The summed E-state index contributed by atoms with van der Waals surface area (Å²) in [7, 11) is 3.23. The molecule has 7 heteroatoms. The molecule has 1 fully saturated rings. The zero-order valence-corrected chi connectivity index (χ0v) is 16.3. The van der Waals surface area contributed by atoms with Gasteiger partial charge in [0.2, 0.25) is 0 Å². The third-order valence-corrected chi connectivity index (χ3v) is 4.73. The van der Waals surface area contributed by atoms with Crippen LogP contribution in [0.2, 0.25) is 0 Å². The Labute approximate surface area is 157 Å². The van der Waals surface area contributed by atoms with Gasteiger partial charge in [-0.25, -0.2) is 0 Å². The molecule has 146 valence electrons. The molecule has 0 atom stereocenters. The van der Waals surface area contributed by atoms with Gasteiger partial charge >= 0.3 is 0 Å². The first-order valence-corrected chi connectivity index (χ1v) is 9.40. The number of nitrogens with one attached hydrogen (secondary N) is 1. The fourth-order valence-corrected chi connectivity index (χ4v) is 3.08. The molecule has 1 aromatic carbocycles. The molecule has 7 nitrogen and oxygen atoms in total. The zero-order chi connectivity index (χ0) is 18.8. The summed E-state index contributed by atoms with van der Waals surface area (Å²) in [4.78, 5) is 9.45. The number of aliphatic imine (C=N–C) groups is 1. The number of guanidine groups is 1. The number of unbranched alkanes of at least 4 members (excludes halogenated alkanes) is 1. The molecule has 1 heterocycles. The van der Waals surface area contributed by atoms with Gasteiger partial charge in [0.1, 0.15) is 0 Å². The van der Waals surface area contributed by atoms with E-state index in [0.717, 1.165) is 38.2 Å². The maximum absolute atomic E-state index is 5.97. The van der Waals surface area contributed by atoms with Crippen molar-refractivity contribution in [2.24, 2.45) is 10.7 Å². The highest BCUT2D eigenvalue weighted by molar-refractivity contribution is 5.92. The van der Waals surface area contributed by atoms with Gasteiger partial charge in [0.25, 0.3) is 0 Å². The molecular formula is C19H33N5O2. The molecule has 26 heavy (non-hydrogen) atoms. The van der Waals surface area contributed by atoms with Crippen molar-refractivity contribution < 1.29 is 9.47 Å². The van der Waals surface area contributed by atoms with Crippen LogP contribution in [-0.4, -0.2) is 75.8 Å². The van der Waals surface area contributed by atoms with Gasteiger partial charge in [0.15, 0.2) is 17.5 Å². The lowest BCUT2D eigenvalue weighted by molar-refractivity contribution is 0.136. The predicted octanol–water partition coefficient (Wildman–Crippen LogP) is 1.85. The second-order valence-corrected chi connectivity index (χ2v) is 6.44. The van der Waals surface area contributed by atoms with Crippen molar-refractivity contribution in [1.29, 1.82) is 0 Å². The fourth-order valence-electron chi connectivity index (χ4n) is 3.08. The van der Waals surface area contributed by atoms with Crippen LogP contribution in [0.4, 0.5) is 5.69 Å². The third-order valence-electron chi connectivity index (χ3n) is 4.73. The summed E-state index contributed by atoms with van der Waals surface area (Å²) >= 11 is 0. The van der Waals surface area contributed by atoms with Gasteiger partial charge in [-0.2, -0.15) is 0 Å². The number of benzene rings is 1. The molecule has 1 saturated heterocycles. The highest BCUT2D eigenvalue weighted by Gasteiger charge is 2.14. The van der Waals surface area contributed by atoms with E-state index in [0.29, 0.717) is 17.5 Å². The van der Waals surface area contributed by atoms with Crippen molar-refractivity contribution in [3.8, 4) is 11.5 Å². The molecule has 1 aliphatic heterocycles. The van der Waals surface area contributed by atoms with E-state index in [2.05, 4.69) is 27.0 Å². The van der Waals surface area contributed by atoms with E-state index in [1.807, 2.05) is 18.2 Å². The molecule has 0 aliphatic carbocycles. The first kappa shape index (κ1) is 20.3. The third kappa shape index (κ3) is 6.38. The molecule has 3 N–H and O–H groups in total. The molecule has 0 spiro atoms. The minimum Gasteiger partial charge on any atom is -0.493 e. The van der Waals surface area contributed by atoms with Gasteiger partial charge in [0.05, 0.1) is 14.2 Å². The quantitative estimate of drug-likeness (QED) is 0.396. The van der Waals surface area contributed by atoms with E-state index in [1.165, 1.54) is 26.2 Å². The maximum atomic E-state index is 5.97. The second kappa shape index (κ2) is 10.9. The summed E-state index contributed by atoms with van der Waals surface area (Å²) in [6, 6.07) is 5.57. The number of nitrogens with zero attached hydrogens (tertiary/aromatic N) is 3. The average molecular weight is 364 g/mol. The minimum atomic E-state index is 0.425. The maximum Gasteiger partial charge on any atom is 0.193 e. The van der Waals surface area contributed by atoms with Crippen molar-refractivity contribution in [2.75, 3.05) is 65.3 Å². The predicted molar refractivity (Wildman–Crippen MR) is 107 cm³/mol. The first-order chi connectivity index (χ1) is 12.7. The Morgan fingerprint density at radius 3 is 2.42 bits per heavy atom. The van der Waals surface area contributed by atoms with Crippen LogP contribution in [0, 0.1) is 0 Å². The normalized spacial score (nSPS) is 16.5. The molecule has 0 bridgehead atoms. The smallest absolute Gasteiger partial charge is 0.193 e. The molecule has 0 aromatic heterocycles. The lowest BCUT2D eigenvalue weighted by Gasteiger charge is -2.33. The number of hydrogen-bond donors (Lipinski definition) is 2. The minimum absolute atomic E-state index is 0.425. The Hall–Kier alpha value is -1.99. The summed E-state index contributed by atoms with van der Waals surface area (Å²) in [5.74, 6) is 1.77. The van der Waals surface area contributed by atoms with E-state index in [9.17, 15) is 0 Å². The number of piperazine rings is 1. The monoisotopic (exact) mass is 363 g/mol. The Kier molecular flexibility index (Phi) is 8.50. The largest absolute Gasteiger partial charge is 0.493 e. The van der Waals surface area contributed by atoms with Gasteiger partial charge in [-0.3, -0.25) is 4.99 Å². The average Bonchev–Trinajstić information content (AvgIpc) is 2.68. The molecule has 1 aromatic rings. The lowest BCUT2D eigenvalue weighted by atomic mass is 10.2. The number of hydrogen-bond acceptors (Lipinski definition) is 5. The van der Waals surface area contributed by atoms with E-state index >= 15 is 0 Å². The summed E-state index contributed by atoms with van der Waals surface area (Å²) in [6.45, 7) is 10.0. The Bertz CT molecular complexity index is 571. The Balaban J connectivity index is 1.67. The van der Waals surface area contributed by atoms with Crippen molar-refractivity contribution in [1.82, 2.24) is 9.80 Å². The van der Waals surface area contributed by atoms with Crippen LogP contribution >= 0.6 is 0 Å². The summed E-state index contributed by atoms with van der Waals surface area (Å²) < 4.78 is 10.5. The molecule has 0 unspecified atom stereocenters. The van der Waals surface area contributed by atoms with Crippen LogP contribution in [0.3, 0.4) is 0 Å². The van der Waals surface area contributed by atoms with Crippen LogP contribution in [0.25, 0.3) is 0 Å². The Morgan fingerprint density at radius 1 is 1.08 bits per heavy atom. The fraction of sp³-hybridized carbons (Fsp3) is 0.632. The number of rotatable bonds is 9. The van der Waals surface area contributed by atoms with Crippen LogP contribution < -0.4 is 20.5 Å². The molecule has 0 radical (unpaired) electrons. The number of nitrogens with two attached hydrogens (primary N) is 1. The molecule has 2 rings (SSSR count). The van der Waals surface area contributed by atoms with Crippen molar-refractivity contribution in [3.05, 3.63) is 18.2 Å². The van der Waals surface area contributed by atoms with Gasteiger partial charge in [0, 0.05) is 44.5 Å². The van der Waals surface area contributed by atoms with Crippen LogP contribution in [0.1, 0.15) is 19.8 Å². The van der Waals surface area contributed by atoms with E-state index in [4.69, 9.17) is 15.2 Å². The standard InChI is InChI=1S/C19H33N5O2/c1-4-23-11-13-24(14-12-23)10-6-5-9-21-19(20)22-16-7-8-17(25-2)18(15-16)26-3/h7-8,15H,4-6,9-14H2,1-3H3,(H3,20,21,22). The van der Waals surface area contributed by atoms with E-state index < -0.39 is 0 Å². The molecule has 0 amide bonds. The van der Waals surface area contributed by atoms with Crippen LogP contribution in [0.5, 0.6) is 11.5 Å². The number of likely N-dealkylation sites (N-methyl/N-ethyl adjacent to an activating group) is 1. The highest BCUT2D eigenvalue weighted by atomic mass is 16.5. The molecular weight excluding hydrogens is 330 g/mol. The summed E-state index contributed by atoms with van der Waals surface area (Å²) in [5.41, 5.74) is 6.81. The summed E-state index contributed by atoms with van der Waals surface area (Å²) in [5, 5.41) is 3.10. The first-order valence-electron chi connectivity index (χ1n) is 9.40.